The van der Waals surface area contributed by atoms with E-state index < -0.39 is 11.4 Å². The molecule has 0 atom stereocenters. The third kappa shape index (κ3) is 1.99. The molecule has 0 bridgehead atoms. The molecule has 1 aromatic carbocycles. The molecule has 0 amide bonds. The van der Waals surface area contributed by atoms with E-state index in [9.17, 15) is 9.18 Å². The lowest BCUT2D eigenvalue weighted by atomic mass is 9.90. The normalized spacial score (nSPS) is 16.6. The molecule has 0 unspecified atom stereocenters. The summed E-state index contributed by atoms with van der Waals surface area (Å²) >= 11 is 0. The fraction of sp³-hybridized carbons (Fsp3) is 0.462. The topological polar surface area (TPSA) is 46.5 Å². The highest BCUT2D eigenvalue weighted by Gasteiger charge is 2.48. The number of methoxy groups -OCH3 is 1. The molecule has 0 aliphatic heterocycles. The highest BCUT2D eigenvalue weighted by Crippen LogP contribution is 2.54. The number of aliphatic carboxylic acids is 1. The zero-order valence-corrected chi connectivity index (χ0v) is 9.92. The van der Waals surface area contributed by atoms with Crippen molar-refractivity contribution in [2.75, 3.05) is 7.11 Å². The first-order valence-electron chi connectivity index (χ1n) is 5.55. The first kappa shape index (κ1) is 11.9. The summed E-state index contributed by atoms with van der Waals surface area (Å²) in [6, 6.07) is 3.46. The van der Waals surface area contributed by atoms with Crippen LogP contribution in [-0.4, -0.2) is 18.2 Å². The van der Waals surface area contributed by atoms with Crippen LogP contribution in [0.5, 0.6) is 5.75 Å². The Hall–Kier alpha value is -1.58. The molecular formula is C13H15FO3. The number of halogens is 1. The van der Waals surface area contributed by atoms with Crippen LogP contribution in [-0.2, 0) is 10.2 Å². The van der Waals surface area contributed by atoms with Gasteiger partial charge in [-0.25, -0.2) is 4.39 Å². The monoisotopic (exact) mass is 238 g/mol. The first-order chi connectivity index (χ1) is 8.00. The fourth-order valence-corrected chi connectivity index (χ4v) is 2.25. The first-order valence-corrected chi connectivity index (χ1v) is 5.55. The Morgan fingerprint density at radius 1 is 1.53 bits per heavy atom. The highest BCUT2D eigenvalue weighted by atomic mass is 19.1. The minimum Gasteiger partial charge on any atom is -0.493 e. The standard InChI is InChI=1S/C13H15FO3/c1-8-3-4-9(12(17-2)11(8)14)13(5-6-13)7-10(15)16/h3-4H,5-7H2,1-2H3,(H,15,16). The Morgan fingerprint density at radius 2 is 2.18 bits per heavy atom. The summed E-state index contributed by atoms with van der Waals surface area (Å²) in [5.74, 6) is -1.05. The number of carboxylic acids is 1. The molecule has 0 spiro atoms. The van der Waals surface area contributed by atoms with Crippen molar-refractivity contribution in [2.45, 2.75) is 31.6 Å². The number of carbonyl (C=O) groups is 1. The van der Waals surface area contributed by atoms with Crippen molar-refractivity contribution in [2.24, 2.45) is 0 Å². The fourth-order valence-electron chi connectivity index (χ4n) is 2.25. The van der Waals surface area contributed by atoms with E-state index >= 15 is 0 Å². The van der Waals surface area contributed by atoms with Crippen LogP contribution in [0.15, 0.2) is 12.1 Å². The average molecular weight is 238 g/mol. The van der Waals surface area contributed by atoms with Crippen LogP contribution in [0.25, 0.3) is 0 Å². The van der Waals surface area contributed by atoms with Gasteiger partial charge >= 0.3 is 5.97 Å². The van der Waals surface area contributed by atoms with Gasteiger partial charge in [-0.2, -0.15) is 0 Å². The van der Waals surface area contributed by atoms with Gasteiger partial charge in [0.1, 0.15) is 0 Å². The van der Waals surface area contributed by atoms with Gasteiger partial charge in [0.2, 0.25) is 0 Å². The molecule has 1 aromatic rings. The average Bonchev–Trinajstić information content (AvgIpc) is 3.01. The molecule has 1 aliphatic rings. The molecule has 0 heterocycles. The molecule has 4 heteroatoms. The molecule has 0 radical (unpaired) electrons. The van der Waals surface area contributed by atoms with Crippen molar-refractivity contribution >= 4 is 5.97 Å². The van der Waals surface area contributed by atoms with E-state index in [-0.39, 0.29) is 18.0 Å². The molecule has 1 aliphatic carbocycles. The predicted octanol–water partition coefficient (Wildman–Crippen LogP) is 2.65. The van der Waals surface area contributed by atoms with E-state index in [4.69, 9.17) is 9.84 Å². The van der Waals surface area contributed by atoms with Crippen molar-refractivity contribution in [3.63, 3.8) is 0 Å². The van der Waals surface area contributed by atoms with E-state index in [0.717, 1.165) is 12.8 Å². The van der Waals surface area contributed by atoms with Crippen molar-refractivity contribution < 1.29 is 19.0 Å². The van der Waals surface area contributed by atoms with E-state index in [1.807, 2.05) is 0 Å². The van der Waals surface area contributed by atoms with Crippen molar-refractivity contribution in [1.29, 1.82) is 0 Å². The van der Waals surface area contributed by atoms with Gasteiger partial charge in [0.25, 0.3) is 0 Å². The molecular weight excluding hydrogens is 223 g/mol. The Morgan fingerprint density at radius 3 is 2.65 bits per heavy atom. The van der Waals surface area contributed by atoms with Gasteiger partial charge in [0.15, 0.2) is 11.6 Å². The third-order valence-corrected chi connectivity index (χ3v) is 3.41. The van der Waals surface area contributed by atoms with Crippen LogP contribution < -0.4 is 4.74 Å². The number of benzene rings is 1. The van der Waals surface area contributed by atoms with E-state index in [1.54, 1.807) is 19.1 Å². The molecule has 1 fully saturated rings. The maximum absolute atomic E-state index is 13.9. The molecule has 1 saturated carbocycles. The summed E-state index contributed by atoms with van der Waals surface area (Å²) in [7, 11) is 1.41. The maximum Gasteiger partial charge on any atom is 0.304 e. The second kappa shape index (κ2) is 4.02. The van der Waals surface area contributed by atoms with Crippen LogP contribution in [0.2, 0.25) is 0 Å². The predicted molar refractivity (Wildman–Crippen MR) is 60.9 cm³/mol. The number of ether oxygens (including phenoxy) is 1. The summed E-state index contributed by atoms with van der Waals surface area (Å²) in [5.41, 5.74) is 0.772. The van der Waals surface area contributed by atoms with Gasteiger partial charge in [-0.05, 0) is 25.3 Å². The van der Waals surface area contributed by atoms with E-state index in [0.29, 0.717) is 11.1 Å². The summed E-state index contributed by atoms with van der Waals surface area (Å²) in [5, 5.41) is 8.90. The largest absolute Gasteiger partial charge is 0.493 e. The minimum atomic E-state index is -0.856. The number of hydrogen-bond donors (Lipinski definition) is 1. The minimum absolute atomic E-state index is 0.0336. The van der Waals surface area contributed by atoms with Crippen LogP contribution in [0, 0.1) is 12.7 Å². The molecule has 92 valence electrons. The van der Waals surface area contributed by atoms with Gasteiger partial charge in [0, 0.05) is 11.0 Å². The van der Waals surface area contributed by atoms with Gasteiger partial charge in [-0.1, -0.05) is 12.1 Å². The molecule has 3 nitrogen and oxygen atoms in total. The van der Waals surface area contributed by atoms with Crippen molar-refractivity contribution in [3.05, 3.63) is 29.1 Å². The summed E-state index contributed by atoms with van der Waals surface area (Å²) in [4.78, 5) is 10.8. The molecule has 1 N–H and O–H groups in total. The van der Waals surface area contributed by atoms with Crippen LogP contribution in [0.1, 0.15) is 30.4 Å². The Labute approximate surface area is 99.2 Å². The lowest BCUT2D eigenvalue weighted by molar-refractivity contribution is -0.137. The van der Waals surface area contributed by atoms with Gasteiger partial charge in [0.05, 0.1) is 13.5 Å². The summed E-state index contributed by atoms with van der Waals surface area (Å²) < 4.78 is 19.0. The second-order valence-electron chi connectivity index (χ2n) is 4.63. The quantitative estimate of drug-likeness (QED) is 0.877. The van der Waals surface area contributed by atoms with Gasteiger partial charge in [-0.15, -0.1) is 0 Å². The lowest BCUT2D eigenvalue weighted by Gasteiger charge is -2.18. The summed E-state index contributed by atoms with van der Waals surface area (Å²) in [6.45, 7) is 1.67. The van der Waals surface area contributed by atoms with Gasteiger partial charge in [-0.3, -0.25) is 4.79 Å². The van der Waals surface area contributed by atoms with Crippen LogP contribution in [0.4, 0.5) is 4.39 Å². The Balaban J connectivity index is 2.46. The number of carboxylic acid groups (broad SMARTS) is 1. The lowest BCUT2D eigenvalue weighted by Crippen LogP contribution is -2.15. The van der Waals surface area contributed by atoms with E-state index in [1.165, 1.54) is 7.11 Å². The zero-order chi connectivity index (χ0) is 12.6. The number of rotatable bonds is 4. The Kier molecular flexibility index (Phi) is 2.81. The van der Waals surface area contributed by atoms with Crippen molar-refractivity contribution in [1.82, 2.24) is 0 Å². The van der Waals surface area contributed by atoms with Crippen molar-refractivity contribution in [3.8, 4) is 5.75 Å². The maximum atomic E-state index is 13.9. The molecule has 0 saturated heterocycles. The number of aryl methyl sites for hydroxylation is 1. The number of hydrogen-bond acceptors (Lipinski definition) is 2. The van der Waals surface area contributed by atoms with Gasteiger partial charge < -0.3 is 9.84 Å². The smallest absolute Gasteiger partial charge is 0.304 e. The molecule has 17 heavy (non-hydrogen) atoms. The molecule has 0 aromatic heterocycles. The van der Waals surface area contributed by atoms with Crippen LogP contribution >= 0.6 is 0 Å². The van der Waals surface area contributed by atoms with Crippen LogP contribution in [0.3, 0.4) is 0 Å². The SMILES string of the molecule is COc1c(C2(CC(=O)O)CC2)ccc(C)c1F. The Bertz CT molecular complexity index is 464. The molecule has 2 rings (SSSR count). The second-order valence-corrected chi connectivity index (χ2v) is 4.63. The highest BCUT2D eigenvalue weighted by molar-refractivity contribution is 5.70. The summed E-state index contributed by atoms with van der Waals surface area (Å²) in [6.07, 6.45) is 1.59. The third-order valence-electron chi connectivity index (χ3n) is 3.41. The zero-order valence-electron chi connectivity index (χ0n) is 9.92. The van der Waals surface area contributed by atoms with E-state index in [2.05, 4.69) is 0 Å².